The number of hydrogen-bond acceptors (Lipinski definition) is 3. The van der Waals surface area contributed by atoms with Crippen LogP contribution in [0.3, 0.4) is 0 Å². The van der Waals surface area contributed by atoms with Crippen LogP contribution in [-0.4, -0.2) is 24.2 Å². The number of carboxylic acid groups (broad SMARTS) is 1. The van der Waals surface area contributed by atoms with E-state index >= 15 is 0 Å². The topological polar surface area (TPSA) is 58.6 Å². The minimum atomic E-state index is -0.712. The number of nitrogens with one attached hydrogen (secondary N) is 1. The number of rotatable bonds is 4. The van der Waals surface area contributed by atoms with Crippen LogP contribution in [0.4, 0.5) is 5.69 Å². The van der Waals surface area contributed by atoms with Crippen LogP contribution in [0, 0.1) is 5.92 Å². The maximum absolute atomic E-state index is 11.1. The van der Waals surface area contributed by atoms with Gasteiger partial charge in [-0.1, -0.05) is 18.0 Å². The smallest absolute Gasteiger partial charge is 0.306 e. The second kappa shape index (κ2) is 6.68. The van der Waals surface area contributed by atoms with Crippen molar-refractivity contribution >= 4 is 39.2 Å². The highest BCUT2D eigenvalue weighted by Crippen LogP contribution is 2.38. The molecule has 2 rings (SSSR count). The summed E-state index contributed by atoms with van der Waals surface area (Å²) in [6, 6.07) is 3.70. The molecule has 0 bridgehead atoms. The Balaban J connectivity index is 2.15. The number of anilines is 1. The van der Waals surface area contributed by atoms with Crippen LogP contribution in [0.2, 0.25) is 5.02 Å². The zero-order chi connectivity index (χ0) is 14.7. The summed E-state index contributed by atoms with van der Waals surface area (Å²) < 4.78 is 6.14. The molecule has 2 unspecified atom stereocenters. The average Bonchev–Trinajstić information content (AvgIpc) is 2.38. The van der Waals surface area contributed by atoms with Gasteiger partial charge in [0.2, 0.25) is 0 Å². The van der Waals surface area contributed by atoms with Gasteiger partial charge in [0.1, 0.15) is 0 Å². The van der Waals surface area contributed by atoms with Gasteiger partial charge in [0.15, 0.2) is 5.75 Å². The first kappa shape index (κ1) is 15.4. The minimum absolute atomic E-state index is 0.129. The van der Waals surface area contributed by atoms with Crippen LogP contribution >= 0.6 is 27.5 Å². The van der Waals surface area contributed by atoms with Gasteiger partial charge in [-0.3, -0.25) is 4.79 Å². The van der Waals surface area contributed by atoms with Crippen LogP contribution in [-0.2, 0) is 4.79 Å². The second-order valence-electron chi connectivity index (χ2n) is 5.01. The van der Waals surface area contributed by atoms with E-state index in [-0.39, 0.29) is 12.0 Å². The fraction of sp³-hybridized carbons (Fsp3) is 0.500. The van der Waals surface area contributed by atoms with E-state index < -0.39 is 5.97 Å². The minimum Gasteiger partial charge on any atom is -0.493 e. The van der Waals surface area contributed by atoms with Crippen molar-refractivity contribution in [2.24, 2.45) is 5.92 Å². The normalized spacial score (nSPS) is 22.4. The maximum Gasteiger partial charge on any atom is 0.306 e. The monoisotopic (exact) mass is 361 g/mol. The third kappa shape index (κ3) is 3.58. The van der Waals surface area contributed by atoms with Crippen molar-refractivity contribution in [2.75, 3.05) is 12.4 Å². The van der Waals surface area contributed by atoms with E-state index in [1.165, 1.54) is 0 Å². The number of carbonyl (C=O) groups is 1. The third-order valence-corrected chi connectivity index (χ3v) is 4.40. The maximum atomic E-state index is 11.1. The van der Waals surface area contributed by atoms with Crippen LogP contribution in [0.25, 0.3) is 0 Å². The summed E-state index contributed by atoms with van der Waals surface area (Å²) in [4.78, 5) is 11.1. The first-order chi connectivity index (χ1) is 9.51. The van der Waals surface area contributed by atoms with Crippen molar-refractivity contribution < 1.29 is 14.6 Å². The molecule has 0 aliphatic heterocycles. The van der Waals surface area contributed by atoms with E-state index in [9.17, 15) is 4.79 Å². The van der Waals surface area contributed by atoms with E-state index in [0.29, 0.717) is 17.2 Å². The molecular formula is C14H17BrClNO3. The zero-order valence-electron chi connectivity index (χ0n) is 11.2. The largest absolute Gasteiger partial charge is 0.493 e. The molecule has 1 fully saturated rings. The molecule has 20 heavy (non-hydrogen) atoms. The lowest BCUT2D eigenvalue weighted by Crippen LogP contribution is -2.31. The van der Waals surface area contributed by atoms with E-state index in [4.69, 9.17) is 21.4 Å². The molecule has 1 aromatic rings. The molecule has 0 radical (unpaired) electrons. The highest BCUT2D eigenvalue weighted by molar-refractivity contribution is 9.10. The molecule has 0 spiro atoms. The molecule has 4 nitrogen and oxygen atoms in total. The number of carboxylic acids is 1. The summed E-state index contributed by atoms with van der Waals surface area (Å²) in [5.41, 5.74) is 0.794. The molecule has 0 heterocycles. The Morgan fingerprint density at radius 2 is 2.25 bits per heavy atom. The van der Waals surface area contributed by atoms with E-state index in [0.717, 1.165) is 29.4 Å². The van der Waals surface area contributed by atoms with Gasteiger partial charge in [-0.2, -0.15) is 0 Å². The van der Waals surface area contributed by atoms with Crippen molar-refractivity contribution in [3.05, 3.63) is 21.6 Å². The van der Waals surface area contributed by atoms with Crippen molar-refractivity contribution in [2.45, 2.75) is 31.7 Å². The fourth-order valence-corrected chi connectivity index (χ4v) is 3.61. The molecule has 1 aliphatic rings. The van der Waals surface area contributed by atoms with Crippen LogP contribution in [0.1, 0.15) is 25.7 Å². The lowest BCUT2D eigenvalue weighted by atomic mass is 9.85. The lowest BCUT2D eigenvalue weighted by Gasteiger charge is -2.29. The number of benzene rings is 1. The molecule has 1 aromatic carbocycles. The molecule has 110 valence electrons. The number of ether oxygens (including phenoxy) is 1. The van der Waals surface area contributed by atoms with E-state index in [2.05, 4.69) is 21.2 Å². The molecule has 1 saturated carbocycles. The predicted octanol–water partition coefficient (Wildman–Crippen LogP) is 4.17. The SMILES string of the molecule is COc1c(Br)cc(Cl)cc1NC1CCCC(C(=O)O)C1. The quantitative estimate of drug-likeness (QED) is 0.844. The average molecular weight is 363 g/mol. The molecular weight excluding hydrogens is 346 g/mol. The van der Waals surface area contributed by atoms with Crippen molar-refractivity contribution in [1.29, 1.82) is 0 Å². The second-order valence-corrected chi connectivity index (χ2v) is 6.30. The zero-order valence-corrected chi connectivity index (χ0v) is 13.5. The van der Waals surface area contributed by atoms with Crippen molar-refractivity contribution in [3.63, 3.8) is 0 Å². The van der Waals surface area contributed by atoms with Gasteiger partial charge in [-0.25, -0.2) is 0 Å². The van der Waals surface area contributed by atoms with E-state index in [1.807, 2.05) is 0 Å². The number of halogens is 2. The predicted molar refractivity (Wildman–Crippen MR) is 82.7 cm³/mol. The summed E-state index contributed by atoms with van der Waals surface area (Å²) in [6.45, 7) is 0. The fourth-order valence-electron chi connectivity index (χ4n) is 2.64. The van der Waals surface area contributed by atoms with Gasteiger partial charge in [0.25, 0.3) is 0 Å². The van der Waals surface area contributed by atoms with Gasteiger partial charge in [0, 0.05) is 11.1 Å². The molecule has 0 saturated heterocycles. The Labute approximate surface area is 131 Å². The van der Waals surface area contributed by atoms with Crippen LogP contribution < -0.4 is 10.1 Å². The first-order valence-electron chi connectivity index (χ1n) is 6.53. The number of aliphatic carboxylic acids is 1. The Bertz CT molecular complexity index is 509. The molecule has 2 N–H and O–H groups in total. The van der Waals surface area contributed by atoms with Crippen LogP contribution in [0.15, 0.2) is 16.6 Å². The van der Waals surface area contributed by atoms with Gasteiger partial charge in [-0.05, 0) is 47.3 Å². The molecule has 6 heteroatoms. The highest BCUT2D eigenvalue weighted by Gasteiger charge is 2.27. The van der Waals surface area contributed by atoms with Gasteiger partial charge in [-0.15, -0.1) is 0 Å². The molecule has 0 amide bonds. The Hall–Kier alpha value is -0.940. The van der Waals surface area contributed by atoms with E-state index in [1.54, 1.807) is 19.2 Å². The van der Waals surface area contributed by atoms with Gasteiger partial charge >= 0.3 is 5.97 Å². The summed E-state index contributed by atoms with van der Waals surface area (Å²) in [5, 5.41) is 13.1. The standard InChI is InChI=1S/C14H17BrClNO3/c1-20-13-11(15)6-9(16)7-12(13)17-10-4-2-3-8(5-10)14(18)19/h6-8,10,17H,2-5H2,1H3,(H,18,19). The molecule has 0 aromatic heterocycles. The summed E-state index contributed by atoms with van der Waals surface area (Å²) in [6.07, 6.45) is 3.25. The Kier molecular flexibility index (Phi) is 5.16. The number of hydrogen-bond donors (Lipinski definition) is 2. The van der Waals surface area contributed by atoms with Crippen LogP contribution in [0.5, 0.6) is 5.75 Å². The Morgan fingerprint density at radius 1 is 1.50 bits per heavy atom. The van der Waals surface area contributed by atoms with Gasteiger partial charge in [0.05, 0.1) is 23.2 Å². The number of methoxy groups -OCH3 is 1. The lowest BCUT2D eigenvalue weighted by molar-refractivity contribution is -0.142. The third-order valence-electron chi connectivity index (χ3n) is 3.60. The first-order valence-corrected chi connectivity index (χ1v) is 7.70. The highest BCUT2D eigenvalue weighted by atomic mass is 79.9. The van der Waals surface area contributed by atoms with Crippen molar-refractivity contribution in [1.82, 2.24) is 0 Å². The summed E-state index contributed by atoms with van der Waals surface area (Å²) >= 11 is 9.47. The van der Waals surface area contributed by atoms with Gasteiger partial charge < -0.3 is 15.2 Å². The Morgan fingerprint density at radius 3 is 2.90 bits per heavy atom. The molecule has 1 aliphatic carbocycles. The molecule has 2 atom stereocenters. The summed E-state index contributed by atoms with van der Waals surface area (Å²) in [5.74, 6) is -0.294. The summed E-state index contributed by atoms with van der Waals surface area (Å²) in [7, 11) is 1.60. The van der Waals surface area contributed by atoms with Crippen molar-refractivity contribution in [3.8, 4) is 5.75 Å².